The molecule has 5 rings (SSSR count). The summed E-state index contributed by atoms with van der Waals surface area (Å²) >= 11 is 3.93. The molecule has 2 atom stereocenters. The molecule has 6 heteroatoms. The molecule has 0 radical (unpaired) electrons. The minimum absolute atomic E-state index is 0.214. The van der Waals surface area contributed by atoms with Crippen LogP contribution in [0.25, 0.3) is 0 Å². The summed E-state index contributed by atoms with van der Waals surface area (Å²) in [5, 5.41) is 12.4. The van der Waals surface area contributed by atoms with Gasteiger partial charge in [0.25, 0.3) is 0 Å². The number of phenolic OH excluding ortho intramolecular Hbond substituents is 1. The van der Waals surface area contributed by atoms with E-state index in [1.165, 1.54) is 40.4 Å². The SMILES string of the molecule is Oc1ccc(N2CCN(CCCC3CC(OCc4ccccc4)c4ccsc4S3)CC2)cc1. The van der Waals surface area contributed by atoms with E-state index >= 15 is 0 Å². The van der Waals surface area contributed by atoms with Crippen molar-refractivity contribution in [3.05, 3.63) is 77.2 Å². The Labute approximate surface area is 205 Å². The minimum Gasteiger partial charge on any atom is -0.508 e. The highest BCUT2D eigenvalue weighted by molar-refractivity contribution is 8.01. The van der Waals surface area contributed by atoms with E-state index in [1.54, 1.807) is 12.1 Å². The van der Waals surface area contributed by atoms with Crippen LogP contribution in [0.3, 0.4) is 0 Å². The van der Waals surface area contributed by atoms with Gasteiger partial charge in [-0.3, -0.25) is 4.90 Å². The summed E-state index contributed by atoms with van der Waals surface area (Å²) in [7, 11) is 0. The molecule has 2 aliphatic rings. The fraction of sp³-hybridized carbons (Fsp3) is 0.407. The highest BCUT2D eigenvalue weighted by Gasteiger charge is 2.29. The van der Waals surface area contributed by atoms with E-state index in [1.807, 2.05) is 23.5 Å². The van der Waals surface area contributed by atoms with Crippen LogP contribution in [0.1, 0.15) is 36.5 Å². The summed E-state index contributed by atoms with van der Waals surface area (Å²) in [6, 6.07) is 20.3. The van der Waals surface area contributed by atoms with Crippen LogP contribution in [0.2, 0.25) is 0 Å². The third-order valence-corrected chi connectivity index (χ3v) is 9.15. The molecule has 174 valence electrons. The van der Waals surface area contributed by atoms with Crippen LogP contribution in [0.15, 0.2) is 70.3 Å². The van der Waals surface area contributed by atoms with E-state index in [2.05, 4.69) is 63.3 Å². The Balaban J connectivity index is 1.08. The number of hydrogen-bond acceptors (Lipinski definition) is 6. The summed E-state index contributed by atoms with van der Waals surface area (Å²) in [5.74, 6) is 0.334. The van der Waals surface area contributed by atoms with Crippen LogP contribution >= 0.6 is 23.1 Å². The maximum atomic E-state index is 9.51. The second-order valence-electron chi connectivity index (χ2n) is 8.91. The van der Waals surface area contributed by atoms with Crippen molar-refractivity contribution in [2.45, 2.75) is 41.4 Å². The highest BCUT2D eigenvalue weighted by atomic mass is 32.2. The molecule has 1 fully saturated rings. The second kappa shape index (κ2) is 11.0. The van der Waals surface area contributed by atoms with E-state index < -0.39 is 0 Å². The topological polar surface area (TPSA) is 35.9 Å². The summed E-state index contributed by atoms with van der Waals surface area (Å²) in [6.45, 7) is 6.18. The first kappa shape index (κ1) is 22.8. The number of aromatic hydroxyl groups is 1. The number of piperazine rings is 1. The number of benzene rings is 2. The number of nitrogens with zero attached hydrogens (tertiary/aromatic N) is 2. The van der Waals surface area contributed by atoms with Gasteiger partial charge in [0.15, 0.2) is 0 Å². The molecule has 2 aliphatic heterocycles. The van der Waals surface area contributed by atoms with Gasteiger partial charge in [-0.15, -0.1) is 23.1 Å². The van der Waals surface area contributed by atoms with Gasteiger partial charge in [-0.2, -0.15) is 0 Å². The van der Waals surface area contributed by atoms with Gasteiger partial charge in [0.2, 0.25) is 0 Å². The Kier molecular flexibility index (Phi) is 7.57. The van der Waals surface area contributed by atoms with Gasteiger partial charge in [-0.25, -0.2) is 0 Å². The summed E-state index contributed by atoms with van der Waals surface area (Å²) in [4.78, 5) is 5.02. The highest BCUT2D eigenvalue weighted by Crippen LogP contribution is 2.47. The summed E-state index contributed by atoms with van der Waals surface area (Å²) in [5.41, 5.74) is 3.84. The maximum absolute atomic E-state index is 9.51. The predicted octanol–water partition coefficient (Wildman–Crippen LogP) is 6.18. The molecule has 3 heterocycles. The Bertz CT molecular complexity index is 1000. The van der Waals surface area contributed by atoms with Gasteiger partial charge in [-0.1, -0.05) is 30.3 Å². The average molecular weight is 481 g/mol. The van der Waals surface area contributed by atoms with Crippen LogP contribution in [0.4, 0.5) is 5.69 Å². The number of phenols is 1. The minimum atomic E-state index is 0.214. The van der Waals surface area contributed by atoms with Crippen molar-refractivity contribution in [3.8, 4) is 5.75 Å². The number of thioether (sulfide) groups is 1. The van der Waals surface area contributed by atoms with Gasteiger partial charge < -0.3 is 14.7 Å². The molecule has 0 amide bonds. The van der Waals surface area contributed by atoms with E-state index in [4.69, 9.17) is 4.74 Å². The molecular formula is C27H32N2O2S2. The van der Waals surface area contributed by atoms with Crippen LogP contribution < -0.4 is 4.90 Å². The van der Waals surface area contributed by atoms with Gasteiger partial charge in [0, 0.05) is 42.7 Å². The van der Waals surface area contributed by atoms with Crippen LogP contribution in [-0.4, -0.2) is 48.0 Å². The number of fused-ring (bicyclic) bond motifs is 1. The van der Waals surface area contributed by atoms with Gasteiger partial charge in [0.05, 0.1) is 16.9 Å². The molecular weight excluding hydrogens is 448 g/mol. The smallest absolute Gasteiger partial charge is 0.115 e. The molecule has 0 spiro atoms. The average Bonchev–Trinajstić information content (AvgIpc) is 3.33. The number of anilines is 1. The Morgan fingerprint density at radius 2 is 1.73 bits per heavy atom. The molecule has 3 aromatic rings. The third kappa shape index (κ3) is 5.93. The Morgan fingerprint density at radius 3 is 2.52 bits per heavy atom. The van der Waals surface area contributed by atoms with Gasteiger partial charge >= 0.3 is 0 Å². The number of hydrogen-bond donors (Lipinski definition) is 1. The monoisotopic (exact) mass is 480 g/mol. The number of thiophene rings is 1. The lowest BCUT2D eigenvalue weighted by Crippen LogP contribution is -2.46. The lowest BCUT2D eigenvalue weighted by molar-refractivity contribution is 0.0305. The van der Waals surface area contributed by atoms with E-state index in [0.29, 0.717) is 17.6 Å². The van der Waals surface area contributed by atoms with E-state index in [9.17, 15) is 5.11 Å². The van der Waals surface area contributed by atoms with Crippen molar-refractivity contribution >= 4 is 28.8 Å². The van der Waals surface area contributed by atoms with Crippen molar-refractivity contribution in [2.75, 3.05) is 37.6 Å². The maximum Gasteiger partial charge on any atom is 0.115 e. The zero-order chi connectivity index (χ0) is 22.5. The quantitative estimate of drug-likeness (QED) is 0.417. The number of ether oxygens (including phenoxy) is 1. The Hall–Kier alpha value is -1.99. The van der Waals surface area contributed by atoms with Crippen molar-refractivity contribution in [1.82, 2.24) is 4.90 Å². The van der Waals surface area contributed by atoms with Crippen LogP contribution in [-0.2, 0) is 11.3 Å². The van der Waals surface area contributed by atoms with Crippen LogP contribution in [0, 0.1) is 0 Å². The first-order valence-corrected chi connectivity index (χ1v) is 13.7. The molecule has 1 aromatic heterocycles. The Morgan fingerprint density at radius 1 is 0.939 bits per heavy atom. The number of rotatable bonds is 8. The molecule has 2 aromatic carbocycles. The lowest BCUT2D eigenvalue weighted by atomic mass is 10.0. The van der Waals surface area contributed by atoms with Crippen LogP contribution in [0.5, 0.6) is 5.75 Å². The molecule has 0 aliphatic carbocycles. The van der Waals surface area contributed by atoms with Gasteiger partial charge in [0.1, 0.15) is 5.75 Å². The molecule has 1 saturated heterocycles. The van der Waals surface area contributed by atoms with Crippen molar-refractivity contribution in [2.24, 2.45) is 0 Å². The first-order valence-electron chi connectivity index (χ1n) is 11.9. The fourth-order valence-electron chi connectivity index (χ4n) is 4.75. The molecule has 2 unspecified atom stereocenters. The molecule has 0 bridgehead atoms. The van der Waals surface area contributed by atoms with E-state index in [0.717, 1.165) is 32.6 Å². The largest absolute Gasteiger partial charge is 0.508 e. The first-order chi connectivity index (χ1) is 16.2. The normalized spacial score (nSPS) is 21.2. The molecule has 1 N–H and O–H groups in total. The molecule has 0 saturated carbocycles. The predicted molar refractivity (Wildman–Crippen MR) is 139 cm³/mol. The molecule has 4 nitrogen and oxygen atoms in total. The fourth-order valence-corrected chi connectivity index (χ4v) is 7.41. The van der Waals surface area contributed by atoms with Crippen molar-refractivity contribution in [3.63, 3.8) is 0 Å². The third-order valence-electron chi connectivity index (χ3n) is 6.64. The van der Waals surface area contributed by atoms with Crippen molar-refractivity contribution in [1.29, 1.82) is 0 Å². The zero-order valence-electron chi connectivity index (χ0n) is 18.9. The van der Waals surface area contributed by atoms with Gasteiger partial charge in [-0.05, 0) is 67.1 Å². The van der Waals surface area contributed by atoms with E-state index in [-0.39, 0.29) is 6.10 Å². The second-order valence-corrected chi connectivity index (χ2v) is 11.4. The lowest BCUT2D eigenvalue weighted by Gasteiger charge is -2.36. The summed E-state index contributed by atoms with van der Waals surface area (Å²) in [6.07, 6.45) is 3.80. The summed E-state index contributed by atoms with van der Waals surface area (Å²) < 4.78 is 7.85. The molecule has 33 heavy (non-hydrogen) atoms. The standard InChI is InChI=1S/C27H32N2O2S2/c30-23-10-8-22(9-11-23)29-16-14-28(15-17-29)13-4-7-24-19-26(25-12-18-32-27(25)33-24)31-20-21-5-2-1-3-6-21/h1-3,5-6,8-12,18,24,26,30H,4,7,13-17,19-20H2. The zero-order valence-corrected chi connectivity index (χ0v) is 20.6. The van der Waals surface area contributed by atoms with Crippen molar-refractivity contribution < 1.29 is 9.84 Å².